The van der Waals surface area contributed by atoms with Crippen molar-refractivity contribution < 1.29 is 9.18 Å². The molecule has 0 aliphatic rings. The molecule has 3 nitrogen and oxygen atoms in total. The Balaban J connectivity index is 3.43. The lowest BCUT2D eigenvalue weighted by atomic mass is 10.1. The van der Waals surface area contributed by atoms with Crippen LogP contribution in [0.15, 0.2) is 12.1 Å². The van der Waals surface area contributed by atoms with Gasteiger partial charge in [-0.2, -0.15) is 0 Å². The van der Waals surface area contributed by atoms with Crippen molar-refractivity contribution in [2.45, 2.75) is 6.92 Å². The Morgan fingerprint density at radius 3 is 2.42 bits per heavy atom. The van der Waals surface area contributed by atoms with E-state index in [1.807, 2.05) is 0 Å². The number of rotatable bonds is 1. The number of anilines is 2. The largest absolute Gasteiger partial charge is 0.398 e. The molecule has 0 amide bonds. The highest BCUT2D eigenvalue weighted by Gasteiger charge is 2.12. The van der Waals surface area contributed by atoms with Gasteiger partial charge in [-0.05, 0) is 19.1 Å². The lowest BCUT2D eigenvalue weighted by Crippen LogP contribution is -2.06. The maximum atomic E-state index is 12.8. The van der Waals surface area contributed by atoms with Crippen LogP contribution in [0.5, 0.6) is 0 Å². The zero-order chi connectivity index (χ0) is 9.30. The van der Waals surface area contributed by atoms with E-state index in [2.05, 4.69) is 0 Å². The van der Waals surface area contributed by atoms with Gasteiger partial charge >= 0.3 is 0 Å². The molecule has 0 aliphatic heterocycles. The van der Waals surface area contributed by atoms with E-state index in [1.54, 1.807) is 0 Å². The topological polar surface area (TPSA) is 69.1 Å². The van der Waals surface area contributed by atoms with Crippen molar-refractivity contribution >= 4 is 17.2 Å². The van der Waals surface area contributed by atoms with Crippen LogP contribution in [-0.2, 0) is 0 Å². The molecule has 0 aromatic heterocycles. The molecule has 0 saturated heterocycles. The van der Waals surface area contributed by atoms with Crippen molar-refractivity contribution in [2.24, 2.45) is 0 Å². The van der Waals surface area contributed by atoms with Gasteiger partial charge in [-0.3, -0.25) is 4.79 Å². The van der Waals surface area contributed by atoms with Crippen molar-refractivity contribution in [3.8, 4) is 0 Å². The lowest BCUT2D eigenvalue weighted by Gasteiger charge is -2.05. The SMILES string of the molecule is CC(=O)c1c(N)ccc(F)c1N. The second-order valence-electron chi connectivity index (χ2n) is 2.48. The standard InChI is InChI=1S/C8H9FN2O/c1-4(12)7-6(10)3-2-5(9)8(7)11/h2-3H,10-11H2,1H3. The summed E-state index contributed by atoms with van der Waals surface area (Å²) < 4.78 is 12.8. The molecule has 0 fully saturated rings. The number of hydrogen-bond donors (Lipinski definition) is 2. The number of carbonyl (C=O) groups is 1. The molecule has 4 N–H and O–H groups in total. The van der Waals surface area contributed by atoms with Gasteiger partial charge in [0.1, 0.15) is 5.82 Å². The van der Waals surface area contributed by atoms with Crippen LogP contribution < -0.4 is 11.5 Å². The number of ketones is 1. The second-order valence-corrected chi connectivity index (χ2v) is 2.48. The van der Waals surface area contributed by atoms with E-state index < -0.39 is 5.82 Å². The molecule has 0 aliphatic carbocycles. The fraction of sp³-hybridized carbons (Fsp3) is 0.125. The highest BCUT2D eigenvalue weighted by molar-refractivity contribution is 6.04. The van der Waals surface area contributed by atoms with Gasteiger partial charge in [0.2, 0.25) is 0 Å². The summed E-state index contributed by atoms with van der Waals surface area (Å²) in [5.41, 5.74) is 10.8. The first-order valence-electron chi connectivity index (χ1n) is 3.38. The van der Waals surface area contributed by atoms with Crippen molar-refractivity contribution in [1.82, 2.24) is 0 Å². The summed E-state index contributed by atoms with van der Waals surface area (Å²) in [6, 6.07) is 2.46. The van der Waals surface area contributed by atoms with Crippen molar-refractivity contribution in [2.75, 3.05) is 11.5 Å². The average Bonchev–Trinajstić information content (AvgIpc) is 1.97. The smallest absolute Gasteiger partial charge is 0.164 e. The number of Topliss-reactive ketones (excluding diaryl/α,β-unsaturated/α-hetero) is 1. The van der Waals surface area contributed by atoms with Crippen LogP contribution >= 0.6 is 0 Å². The lowest BCUT2D eigenvalue weighted by molar-refractivity contribution is 0.101. The van der Waals surface area contributed by atoms with Crippen LogP contribution in [0.4, 0.5) is 15.8 Å². The highest BCUT2D eigenvalue weighted by Crippen LogP contribution is 2.22. The number of halogens is 1. The molecule has 0 saturated carbocycles. The van der Waals surface area contributed by atoms with E-state index in [4.69, 9.17) is 11.5 Å². The Morgan fingerprint density at radius 1 is 1.42 bits per heavy atom. The first-order valence-corrected chi connectivity index (χ1v) is 3.38. The van der Waals surface area contributed by atoms with Gasteiger partial charge in [0.25, 0.3) is 0 Å². The molecular formula is C8H9FN2O. The van der Waals surface area contributed by atoms with Crippen LogP contribution in [-0.4, -0.2) is 5.78 Å². The number of nitrogens with two attached hydrogens (primary N) is 2. The summed E-state index contributed by atoms with van der Waals surface area (Å²) in [4.78, 5) is 10.9. The van der Waals surface area contributed by atoms with E-state index >= 15 is 0 Å². The van der Waals surface area contributed by atoms with E-state index in [0.717, 1.165) is 6.07 Å². The fourth-order valence-corrected chi connectivity index (χ4v) is 1.00. The summed E-state index contributed by atoms with van der Waals surface area (Å²) >= 11 is 0. The van der Waals surface area contributed by atoms with Crippen molar-refractivity contribution in [1.29, 1.82) is 0 Å². The summed E-state index contributed by atoms with van der Waals surface area (Å²) in [7, 11) is 0. The quantitative estimate of drug-likeness (QED) is 0.489. The molecule has 0 unspecified atom stereocenters. The van der Waals surface area contributed by atoms with Gasteiger partial charge in [0.05, 0.1) is 11.3 Å². The van der Waals surface area contributed by atoms with E-state index in [1.165, 1.54) is 13.0 Å². The van der Waals surface area contributed by atoms with Gasteiger partial charge in [-0.25, -0.2) is 4.39 Å². The van der Waals surface area contributed by atoms with E-state index in [-0.39, 0.29) is 22.7 Å². The third kappa shape index (κ3) is 1.23. The minimum absolute atomic E-state index is 0.0648. The summed E-state index contributed by atoms with van der Waals surface area (Å²) in [6.07, 6.45) is 0. The molecule has 0 spiro atoms. The molecular weight excluding hydrogens is 159 g/mol. The van der Waals surface area contributed by atoms with Crippen molar-refractivity contribution in [3.63, 3.8) is 0 Å². The molecule has 64 valence electrons. The van der Waals surface area contributed by atoms with E-state index in [9.17, 15) is 9.18 Å². The van der Waals surface area contributed by atoms with Crippen LogP contribution in [0, 0.1) is 5.82 Å². The Hall–Kier alpha value is -1.58. The van der Waals surface area contributed by atoms with Crippen LogP contribution in [0.2, 0.25) is 0 Å². The minimum Gasteiger partial charge on any atom is -0.398 e. The molecule has 0 atom stereocenters. The van der Waals surface area contributed by atoms with Crippen LogP contribution in [0.25, 0.3) is 0 Å². The van der Waals surface area contributed by atoms with Gasteiger partial charge in [-0.15, -0.1) is 0 Å². The Morgan fingerprint density at radius 2 is 2.00 bits per heavy atom. The van der Waals surface area contributed by atoms with E-state index in [0.29, 0.717) is 0 Å². The van der Waals surface area contributed by atoms with Crippen LogP contribution in [0.1, 0.15) is 17.3 Å². The molecule has 12 heavy (non-hydrogen) atoms. The maximum absolute atomic E-state index is 12.8. The number of hydrogen-bond acceptors (Lipinski definition) is 3. The average molecular weight is 168 g/mol. The zero-order valence-electron chi connectivity index (χ0n) is 6.60. The molecule has 1 aromatic carbocycles. The molecule has 0 bridgehead atoms. The van der Waals surface area contributed by atoms with Gasteiger partial charge < -0.3 is 11.5 Å². The zero-order valence-corrected chi connectivity index (χ0v) is 6.60. The Bertz CT molecular complexity index is 336. The molecule has 0 radical (unpaired) electrons. The highest BCUT2D eigenvalue weighted by atomic mass is 19.1. The number of nitrogen functional groups attached to an aromatic ring is 2. The monoisotopic (exact) mass is 168 g/mol. The second kappa shape index (κ2) is 2.81. The van der Waals surface area contributed by atoms with Crippen LogP contribution in [0.3, 0.4) is 0 Å². The predicted molar refractivity (Wildman–Crippen MR) is 45.2 cm³/mol. The number of benzene rings is 1. The fourth-order valence-electron chi connectivity index (χ4n) is 1.00. The molecule has 1 rings (SSSR count). The Kier molecular flexibility index (Phi) is 1.99. The first-order chi connectivity index (χ1) is 5.54. The molecule has 0 heterocycles. The van der Waals surface area contributed by atoms with Gasteiger partial charge in [0, 0.05) is 5.69 Å². The first kappa shape index (κ1) is 8.52. The normalized spacial score (nSPS) is 9.83. The number of carbonyl (C=O) groups excluding carboxylic acids is 1. The third-order valence-corrected chi connectivity index (χ3v) is 1.58. The van der Waals surface area contributed by atoms with Gasteiger partial charge in [-0.1, -0.05) is 0 Å². The van der Waals surface area contributed by atoms with Gasteiger partial charge in [0.15, 0.2) is 5.78 Å². The summed E-state index contributed by atoms with van der Waals surface area (Å²) in [6.45, 7) is 1.29. The third-order valence-electron chi connectivity index (χ3n) is 1.58. The molecule has 4 heteroatoms. The summed E-state index contributed by atoms with van der Waals surface area (Å²) in [5.74, 6) is -0.945. The minimum atomic E-state index is -0.616. The molecule has 1 aromatic rings. The predicted octanol–water partition coefficient (Wildman–Crippen LogP) is 1.19. The maximum Gasteiger partial charge on any atom is 0.164 e. The Labute approximate surface area is 69.2 Å². The summed E-state index contributed by atoms with van der Waals surface area (Å²) in [5, 5.41) is 0. The van der Waals surface area contributed by atoms with Crippen molar-refractivity contribution in [3.05, 3.63) is 23.5 Å².